The van der Waals surface area contributed by atoms with Crippen LogP contribution < -0.4 is 0 Å². The molecule has 1 heteroatoms. The Morgan fingerprint density at radius 3 is 2.64 bits per heavy atom. The fraction of sp³-hybridized carbons (Fsp3) is 0.400. The number of alkyl halides is 1. The molecular weight excluding hydrogens is 139 g/mol. The van der Waals surface area contributed by atoms with Gasteiger partial charge in [0.05, 0.1) is 0 Å². The van der Waals surface area contributed by atoms with Gasteiger partial charge in [-0.3, -0.25) is 0 Å². The minimum Gasteiger partial charge on any atom is -0.247 e. The molecule has 0 aromatic heterocycles. The van der Waals surface area contributed by atoms with Gasteiger partial charge in [0.2, 0.25) is 0 Å². The molecule has 62 valence electrons. The molecule has 0 saturated carbocycles. The molecule has 11 heavy (non-hydrogen) atoms. The van der Waals surface area contributed by atoms with Crippen molar-refractivity contribution in [2.45, 2.75) is 20.3 Å². The Balaban J connectivity index is 4.00. The fourth-order valence-electron chi connectivity index (χ4n) is 0.748. The van der Waals surface area contributed by atoms with Crippen molar-refractivity contribution < 1.29 is 4.39 Å². The Kier molecular flexibility index (Phi) is 6.70. The first-order chi connectivity index (χ1) is 5.35. The first-order valence-electron chi connectivity index (χ1n) is 3.89. The molecule has 0 aliphatic rings. The van der Waals surface area contributed by atoms with Gasteiger partial charge in [0.15, 0.2) is 0 Å². The van der Waals surface area contributed by atoms with Crippen molar-refractivity contribution in [1.29, 1.82) is 0 Å². The van der Waals surface area contributed by atoms with Crippen molar-refractivity contribution in [2.75, 3.05) is 6.67 Å². The second kappa shape index (κ2) is 7.26. The quantitative estimate of drug-likeness (QED) is 0.544. The highest BCUT2D eigenvalue weighted by atomic mass is 19.1. The van der Waals surface area contributed by atoms with Crippen LogP contribution in [0.15, 0.2) is 36.0 Å². The average Bonchev–Trinajstić information content (AvgIpc) is 2.03. The number of hydrogen-bond acceptors (Lipinski definition) is 0. The predicted octanol–water partition coefficient (Wildman–Crippen LogP) is 3.42. The fourth-order valence-corrected chi connectivity index (χ4v) is 0.748. The standard InChI is InChI=1S/C10H15F/c1-3-7-10(4-2)8-5-6-9-11/h3,5-8H,4,9H2,1-2H3/b6-5+,7-3-,10-8-. The maximum Gasteiger partial charge on any atom is 0.108 e. The Hall–Kier alpha value is -0.850. The second-order valence-electron chi connectivity index (χ2n) is 2.18. The van der Waals surface area contributed by atoms with Crippen molar-refractivity contribution in [3.63, 3.8) is 0 Å². The molecule has 0 aliphatic heterocycles. The van der Waals surface area contributed by atoms with Gasteiger partial charge >= 0.3 is 0 Å². The van der Waals surface area contributed by atoms with Crippen LogP contribution in [0.3, 0.4) is 0 Å². The minimum absolute atomic E-state index is 0.386. The third kappa shape index (κ3) is 5.59. The highest BCUT2D eigenvalue weighted by molar-refractivity contribution is 5.22. The van der Waals surface area contributed by atoms with Crippen LogP contribution >= 0.6 is 0 Å². The minimum atomic E-state index is -0.386. The van der Waals surface area contributed by atoms with E-state index in [1.807, 2.05) is 25.2 Å². The van der Waals surface area contributed by atoms with Gasteiger partial charge in [0, 0.05) is 0 Å². The summed E-state index contributed by atoms with van der Waals surface area (Å²) in [5.41, 5.74) is 1.22. The van der Waals surface area contributed by atoms with Crippen LogP contribution in [0.1, 0.15) is 20.3 Å². The number of hydrogen-bond donors (Lipinski definition) is 0. The number of rotatable bonds is 4. The molecule has 0 amide bonds. The van der Waals surface area contributed by atoms with Crippen LogP contribution in [-0.2, 0) is 0 Å². The lowest BCUT2D eigenvalue weighted by Gasteiger charge is -1.91. The van der Waals surface area contributed by atoms with Crippen molar-refractivity contribution in [3.05, 3.63) is 36.0 Å². The van der Waals surface area contributed by atoms with Crippen molar-refractivity contribution in [3.8, 4) is 0 Å². The molecule has 0 heterocycles. The first kappa shape index (κ1) is 10.2. The molecule has 0 aromatic carbocycles. The van der Waals surface area contributed by atoms with E-state index in [0.29, 0.717) is 0 Å². The van der Waals surface area contributed by atoms with E-state index in [2.05, 4.69) is 6.92 Å². The van der Waals surface area contributed by atoms with E-state index >= 15 is 0 Å². The van der Waals surface area contributed by atoms with E-state index in [4.69, 9.17) is 0 Å². The predicted molar refractivity (Wildman–Crippen MR) is 48.3 cm³/mol. The lowest BCUT2D eigenvalue weighted by Crippen LogP contribution is -1.72. The molecule has 0 nitrogen and oxygen atoms in total. The van der Waals surface area contributed by atoms with Crippen LogP contribution in [0.25, 0.3) is 0 Å². The van der Waals surface area contributed by atoms with Gasteiger partial charge in [-0.1, -0.05) is 37.3 Å². The van der Waals surface area contributed by atoms with Crippen LogP contribution in [0, 0.1) is 0 Å². The smallest absolute Gasteiger partial charge is 0.108 e. The third-order valence-corrected chi connectivity index (χ3v) is 1.32. The Bertz CT molecular complexity index is 164. The molecule has 0 saturated heterocycles. The molecule has 0 radical (unpaired) electrons. The van der Waals surface area contributed by atoms with E-state index in [0.717, 1.165) is 6.42 Å². The maximum atomic E-state index is 11.6. The van der Waals surface area contributed by atoms with E-state index < -0.39 is 0 Å². The maximum absolute atomic E-state index is 11.6. The van der Waals surface area contributed by atoms with Gasteiger partial charge in [0.1, 0.15) is 6.67 Å². The van der Waals surface area contributed by atoms with Crippen LogP contribution in [-0.4, -0.2) is 6.67 Å². The monoisotopic (exact) mass is 154 g/mol. The molecule has 0 aliphatic carbocycles. The Morgan fingerprint density at radius 2 is 2.18 bits per heavy atom. The van der Waals surface area contributed by atoms with Gasteiger partial charge < -0.3 is 0 Å². The van der Waals surface area contributed by atoms with E-state index in [1.54, 1.807) is 6.08 Å². The molecular formula is C10H15F. The summed E-state index contributed by atoms with van der Waals surface area (Å²) in [6.07, 6.45) is 10.2. The zero-order valence-corrected chi connectivity index (χ0v) is 7.18. The summed E-state index contributed by atoms with van der Waals surface area (Å²) in [5.74, 6) is 0. The molecule has 0 fully saturated rings. The number of allylic oxidation sites excluding steroid dienone is 6. The molecule has 0 aromatic rings. The summed E-state index contributed by atoms with van der Waals surface area (Å²) in [6, 6.07) is 0. The zero-order valence-electron chi connectivity index (χ0n) is 7.18. The highest BCUT2D eigenvalue weighted by Gasteiger charge is 1.82. The lowest BCUT2D eigenvalue weighted by molar-refractivity contribution is 0.562. The Morgan fingerprint density at radius 1 is 1.45 bits per heavy atom. The van der Waals surface area contributed by atoms with Crippen LogP contribution in [0.5, 0.6) is 0 Å². The summed E-state index contributed by atoms with van der Waals surface area (Å²) >= 11 is 0. The van der Waals surface area contributed by atoms with Crippen molar-refractivity contribution in [2.24, 2.45) is 0 Å². The highest BCUT2D eigenvalue weighted by Crippen LogP contribution is 2.02. The van der Waals surface area contributed by atoms with Crippen LogP contribution in [0.2, 0.25) is 0 Å². The summed E-state index contributed by atoms with van der Waals surface area (Å²) in [5, 5.41) is 0. The topological polar surface area (TPSA) is 0 Å². The SMILES string of the molecule is C\C=C/C(=C\C=C\CF)CC. The summed E-state index contributed by atoms with van der Waals surface area (Å²) in [4.78, 5) is 0. The van der Waals surface area contributed by atoms with E-state index in [-0.39, 0.29) is 6.67 Å². The van der Waals surface area contributed by atoms with Crippen molar-refractivity contribution >= 4 is 0 Å². The largest absolute Gasteiger partial charge is 0.247 e. The summed E-state index contributed by atoms with van der Waals surface area (Å²) in [7, 11) is 0. The second-order valence-corrected chi connectivity index (χ2v) is 2.18. The molecule has 0 rings (SSSR count). The average molecular weight is 154 g/mol. The normalized spacial score (nSPS) is 13.5. The van der Waals surface area contributed by atoms with Gasteiger partial charge in [0.25, 0.3) is 0 Å². The van der Waals surface area contributed by atoms with E-state index in [9.17, 15) is 4.39 Å². The summed E-state index contributed by atoms with van der Waals surface area (Å²) in [6.45, 7) is 3.67. The van der Waals surface area contributed by atoms with Crippen molar-refractivity contribution in [1.82, 2.24) is 0 Å². The molecule has 0 unspecified atom stereocenters. The molecule has 0 N–H and O–H groups in total. The molecule has 0 atom stereocenters. The number of halogens is 1. The third-order valence-electron chi connectivity index (χ3n) is 1.32. The van der Waals surface area contributed by atoms with Gasteiger partial charge in [-0.2, -0.15) is 0 Å². The van der Waals surface area contributed by atoms with Crippen LogP contribution in [0.4, 0.5) is 4.39 Å². The summed E-state index contributed by atoms with van der Waals surface area (Å²) < 4.78 is 11.6. The van der Waals surface area contributed by atoms with Gasteiger partial charge in [-0.25, -0.2) is 4.39 Å². The van der Waals surface area contributed by atoms with Gasteiger partial charge in [-0.15, -0.1) is 0 Å². The molecule has 0 bridgehead atoms. The van der Waals surface area contributed by atoms with E-state index in [1.165, 1.54) is 11.6 Å². The molecule has 0 spiro atoms. The first-order valence-corrected chi connectivity index (χ1v) is 3.89. The lowest BCUT2D eigenvalue weighted by atomic mass is 10.2. The Labute approximate surface area is 68.1 Å². The van der Waals surface area contributed by atoms with Gasteiger partial charge in [-0.05, 0) is 18.9 Å². The zero-order chi connectivity index (χ0) is 8.53.